The minimum atomic E-state index is -0.281. The molecule has 0 radical (unpaired) electrons. The molecule has 1 aromatic heterocycles. The number of ether oxygens (including phenoxy) is 1. The molecule has 6 nitrogen and oxygen atoms in total. The number of hydrogen-bond acceptors (Lipinski definition) is 4. The van der Waals surface area contributed by atoms with Crippen molar-refractivity contribution in [2.75, 3.05) is 11.9 Å². The molecule has 0 atom stereocenters. The van der Waals surface area contributed by atoms with Crippen LogP contribution in [0.1, 0.15) is 23.0 Å². The number of anilines is 1. The zero-order valence-corrected chi connectivity index (χ0v) is 12.5. The average molecular weight is 297 g/mol. The Bertz CT molecular complexity index is 882. The molecule has 0 bridgehead atoms. The normalized spacial score (nSPS) is 12.7. The number of ketones is 1. The van der Waals surface area contributed by atoms with Gasteiger partial charge in [0.25, 0.3) is 5.56 Å². The van der Waals surface area contributed by atoms with Crippen molar-refractivity contribution >= 4 is 17.5 Å². The monoisotopic (exact) mass is 297 g/mol. The maximum atomic E-state index is 12.0. The third-order valence-corrected chi connectivity index (χ3v) is 3.51. The highest BCUT2D eigenvalue weighted by Gasteiger charge is 2.22. The molecule has 0 unspecified atom stereocenters. The molecule has 22 heavy (non-hydrogen) atoms. The summed E-state index contributed by atoms with van der Waals surface area (Å²) in [5, 5.41) is 2.74. The molecule has 1 aliphatic rings. The number of carbonyl (C=O) groups is 1. The summed E-state index contributed by atoms with van der Waals surface area (Å²) in [5.41, 5.74) is 4.13. The lowest BCUT2D eigenvalue weighted by molar-refractivity contribution is 0.101. The van der Waals surface area contributed by atoms with Crippen LogP contribution in [0.15, 0.2) is 40.7 Å². The number of benzene rings is 1. The fourth-order valence-electron chi connectivity index (χ4n) is 2.33. The number of Topliss-reactive ketones (excluding diaryl/α,β-unsaturated/α-hetero) is 1. The zero-order chi connectivity index (χ0) is 15.9. The number of nitrogens with zero attached hydrogens (tertiary/aromatic N) is 2. The average Bonchev–Trinajstić information content (AvgIpc) is 2.96. The van der Waals surface area contributed by atoms with Crippen LogP contribution in [0, 0.1) is 0 Å². The highest BCUT2D eigenvalue weighted by Crippen LogP contribution is 2.36. The first-order chi connectivity index (χ1) is 10.5. The maximum absolute atomic E-state index is 12.0. The van der Waals surface area contributed by atoms with Crippen molar-refractivity contribution in [2.45, 2.75) is 6.92 Å². The summed E-state index contributed by atoms with van der Waals surface area (Å²) < 4.78 is 6.95. The van der Waals surface area contributed by atoms with Crippen LogP contribution < -0.4 is 15.2 Å². The summed E-state index contributed by atoms with van der Waals surface area (Å²) in [6, 6.07) is 7.59. The third kappa shape index (κ3) is 2.16. The Labute approximate surface area is 126 Å². The molecule has 0 amide bonds. The minimum Gasteiger partial charge on any atom is -0.432 e. The topological polar surface area (TPSA) is 67.3 Å². The van der Waals surface area contributed by atoms with Crippen molar-refractivity contribution in [3.8, 4) is 5.75 Å². The number of aromatic amines is 1. The number of fused-ring (bicyclic) bond motifs is 1. The van der Waals surface area contributed by atoms with E-state index < -0.39 is 0 Å². The van der Waals surface area contributed by atoms with Crippen molar-refractivity contribution in [1.29, 1.82) is 0 Å². The van der Waals surface area contributed by atoms with Crippen LogP contribution in [0.3, 0.4) is 0 Å². The van der Waals surface area contributed by atoms with Gasteiger partial charge in [-0.15, -0.1) is 0 Å². The summed E-state index contributed by atoms with van der Waals surface area (Å²) in [6.45, 7) is 1.41. The van der Waals surface area contributed by atoms with E-state index in [2.05, 4.69) is 10.8 Å². The van der Waals surface area contributed by atoms with E-state index in [0.717, 1.165) is 11.4 Å². The Kier molecular flexibility index (Phi) is 3.23. The van der Waals surface area contributed by atoms with Gasteiger partial charge in [-0.3, -0.25) is 19.4 Å². The molecule has 6 heteroatoms. The number of aryl methyl sites for hydroxylation is 1. The molecule has 112 valence electrons. The number of H-pyrrole nitrogens is 1. The van der Waals surface area contributed by atoms with Crippen molar-refractivity contribution in [2.24, 2.45) is 7.05 Å². The van der Waals surface area contributed by atoms with Crippen LogP contribution in [0.4, 0.5) is 5.69 Å². The molecule has 0 fully saturated rings. The Morgan fingerprint density at radius 2 is 2.05 bits per heavy atom. The van der Waals surface area contributed by atoms with E-state index >= 15 is 0 Å². The molecule has 0 spiro atoms. The van der Waals surface area contributed by atoms with Gasteiger partial charge in [-0.25, -0.2) is 0 Å². The molecule has 1 N–H and O–H groups in total. The van der Waals surface area contributed by atoms with E-state index in [1.165, 1.54) is 17.7 Å². The smallest absolute Gasteiger partial charge is 0.274 e. The Morgan fingerprint density at radius 1 is 1.32 bits per heavy atom. The van der Waals surface area contributed by atoms with E-state index in [9.17, 15) is 9.59 Å². The largest absolute Gasteiger partial charge is 0.432 e. The molecule has 3 rings (SSSR count). The van der Waals surface area contributed by atoms with Crippen LogP contribution in [0.2, 0.25) is 0 Å². The van der Waals surface area contributed by atoms with E-state index in [1.807, 2.05) is 36.2 Å². The predicted molar refractivity (Wildman–Crippen MR) is 83.0 cm³/mol. The fourth-order valence-corrected chi connectivity index (χ4v) is 2.33. The first-order valence-electron chi connectivity index (χ1n) is 6.76. The van der Waals surface area contributed by atoms with Gasteiger partial charge in [0, 0.05) is 27.1 Å². The molecule has 2 heterocycles. The Hall–Kier alpha value is -2.98. The lowest BCUT2D eigenvalue weighted by Crippen LogP contribution is -2.14. The standard InChI is InChI=1S/C16H15N3O3/c1-10(20)15-11(16(21)19(3)17-15)8-9-14-18(2)12-6-4-5-7-13(12)22-14/h4-8,17H,1-3H3. The second-order valence-corrected chi connectivity index (χ2v) is 5.04. The maximum Gasteiger partial charge on any atom is 0.274 e. The van der Waals surface area contributed by atoms with Crippen molar-refractivity contribution < 1.29 is 9.53 Å². The minimum absolute atomic E-state index is 0.209. The quantitative estimate of drug-likeness (QED) is 0.679. The lowest BCUT2D eigenvalue weighted by atomic mass is 10.2. The predicted octanol–water partition coefficient (Wildman–Crippen LogP) is 1.90. The van der Waals surface area contributed by atoms with Gasteiger partial charge in [-0.05, 0) is 12.1 Å². The van der Waals surface area contributed by atoms with Crippen LogP contribution in [0.25, 0.3) is 6.08 Å². The molecular formula is C16H15N3O3. The molecule has 1 aromatic carbocycles. The highest BCUT2D eigenvalue weighted by molar-refractivity contribution is 5.95. The van der Waals surface area contributed by atoms with E-state index in [4.69, 9.17) is 4.74 Å². The van der Waals surface area contributed by atoms with Gasteiger partial charge in [0.15, 0.2) is 11.5 Å². The van der Waals surface area contributed by atoms with Crippen molar-refractivity contribution in [3.63, 3.8) is 0 Å². The van der Waals surface area contributed by atoms with Gasteiger partial charge in [0.1, 0.15) is 5.69 Å². The second kappa shape index (κ2) is 5.09. The summed E-state index contributed by atoms with van der Waals surface area (Å²) in [4.78, 5) is 25.5. The zero-order valence-electron chi connectivity index (χ0n) is 12.5. The van der Waals surface area contributed by atoms with Crippen molar-refractivity contribution in [3.05, 3.63) is 57.5 Å². The second-order valence-electron chi connectivity index (χ2n) is 5.04. The van der Waals surface area contributed by atoms with Gasteiger partial charge in [-0.2, -0.15) is 0 Å². The highest BCUT2D eigenvalue weighted by atomic mass is 16.5. The SMILES string of the molecule is CC(=O)c1[nH]n(C)c(=O)c1C=C=C1Oc2ccccc2N1C. The van der Waals surface area contributed by atoms with Gasteiger partial charge >= 0.3 is 0 Å². The fraction of sp³-hybridized carbons (Fsp3) is 0.188. The van der Waals surface area contributed by atoms with Crippen LogP contribution >= 0.6 is 0 Å². The van der Waals surface area contributed by atoms with Gasteiger partial charge in [0.2, 0.25) is 5.88 Å². The first-order valence-corrected chi connectivity index (χ1v) is 6.76. The number of aromatic nitrogens is 2. The van der Waals surface area contributed by atoms with E-state index in [-0.39, 0.29) is 22.6 Å². The Morgan fingerprint density at radius 3 is 2.73 bits per heavy atom. The van der Waals surface area contributed by atoms with Gasteiger partial charge in [-0.1, -0.05) is 17.9 Å². The first kappa shape index (κ1) is 14.0. The van der Waals surface area contributed by atoms with Crippen molar-refractivity contribution in [1.82, 2.24) is 9.78 Å². The number of nitrogens with one attached hydrogen (secondary N) is 1. The molecular weight excluding hydrogens is 282 g/mol. The van der Waals surface area contributed by atoms with Crippen LogP contribution in [-0.4, -0.2) is 22.6 Å². The third-order valence-electron chi connectivity index (χ3n) is 3.51. The molecule has 1 aliphatic heterocycles. The number of carbonyl (C=O) groups excluding carboxylic acids is 1. The number of rotatable bonds is 2. The number of hydrogen-bond donors (Lipinski definition) is 1. The molecule has 0 aliphatic carbocycles. The molecule has 0 saturated heterocycles. The van der Waals surface area contributed by atoms with Crippen LogP contribution in [0.5, 0.6) is 5.75 Å². The Balaban J connectivity index is 2.06. The van der Waals surface area contributed by atoms with E-state index in [1.54, 1.807) is 7.05 Å². The van der Waals surface area contributed by atoms with E-state index in [0.29, 0.717) is 5.88 Å². The summed E-state index contributed by atoms with van der Waals surface area (Å²) in [7, 11) is 3.41. The summed E-state index contributed by atoms with van der Waals surface area (Å²) in [5.74, 6) is 0.994. The summed E-state index contributed by atoms with van der Waals surface area (Å²) in [6.07, 6.45) is 1.48. The van der Waals surface area contributed by atoms with Gasteiger partial charge in [0.05, 0.1) is 11.3 Å². The number of para-hydroxylation sites is 2. The van der Waals surface area contributed by atoms with Gasteiger partial charge < -0.3 is 9.64 Å². The molecule has 2 aromatic rings. The molecule has 0 saturated carbocycles. The lowest BCUT2D eigenvalue weighted by Gasteiger charge is -2.07. The summed E-state index contributed by atoms with van der Waals surface area (Å²) >= 11 is 0. The van der Waals surface area contributed by atoms with Crippen LogP contribution in [-0.2, 0) is 7.05 Å².